The van der Waals surface area contributed by atoms with E-state index in [1.165, 1.54) is 25.3 Å². The maximum absolute atomic E-state index is 10.7. The van der Waals surface area contributed by atoms with Crippen molar-refractivity contribution in [3.63, 3.8) is 0 Å². The first kappa shape index (κ1) is 15.6. The zero-order valence-corrected chi connectivity index (χ0v) is 12.4. The summed E-state index contributed by atoms with van der Waals surface area (Å²) >= 11 is 0. The number of nitro benzene ring substituents is 1. The summed E-state index contributed by atoms with van der Waals surface area (Å²) in [6.45, 7) is 2.64. The summed E-state index contributed by atoms with van der Waals surface area (Å²) in [4.78, 5) is 10.2. The molecule has 0 aromatic heterocycles. The van der Waals surface area contributed by atoms with E-state index in [0.717, 1.165) is 11.3 Å². The van der Waals surface area contributed by atoms with Crippen LogP contribution in [0.1, 0.15) is 5.56 Å². The number of aryl methyl sites for hydroxylation is 1. The van der Waals surface area contributed by atoms with Crippen LogP contribution in [0.15, 0.2) is 42.5 Å². The number of nitro groups is 1. The number of hydrogen-bond donors (Lipinski definition) is 0. The van der Waals surface area contributed by atoms with E-state index in [2.05, 4.69) is 0 Å². The molecule has 0 bridgehead atoms. The number of para-hydroxylation sites is 1. The van der Waals surface area contributed by atoms with Gasteiger partial charge in [0.25, 0.3) is 5.69 Å². The molecule has 0 amide bonds. The van der Waals surface area contributed by atoms with Gasteiger partial charge >= 0.3 is 0 Å². The molecule has 6 heteroatoms. The number of ether oxygens (including phenoxy) is 3. The maximum atomic E-state index is 10.7. The Labute approximate surface area is 128 Å². The quantitative estimate of drug-likeness (QED) is 0.445. The first-order valence-corrected chi connectivity index (χ1v) is 6.75. The second-order valence-corrected chi connectivity index (χ2v) is 4.55. The molecule has 2 rings (SSSR count). The fourth-order valence-corrected chi connectivity index (χ4v) is 1.91. The van der Waals surface area contributed by atoms with Crippen molar-refractivity contribution in [2.45, 2.75) is 6.92 Å². The molecule has 0 saturated heterocycles. The van der Waals surface area contributed by atoms with Gasteiger partial charge in [0.05, 0.1) is 18.1 Å². The lowest BCUT2D eigenvalue weighted by atomic mass is 10.2. The number of rotatable bonds is 7. The fourth-order valence-electron chi connectivity index (χ4n) is 1.91. The van der Waals surface area contributed by atoms with Gasteiger partial charge in [-0.3, -0.25) is 10.1 Å². The van der Waals surface area contributed by atoms with Crippen LogP contribution >= 0.6 is 0 Å². The van der Waals surface area contributed by atoms with E-state index in [9.17, 15) is 10.1 Å². The van der Waals surface area contributed by atoms with Crippen molar-refractivity contribution >= 4 is 5.69 Å². The highest BCUT2D eigenvalue weighted by molar-refractivity contribution is 5.48. The van der Waals surface area contributed by atoms with Crippen LogP contribution in [0.5, 0.6) is 17.2 Å². The number of methoxy groups -OCH3 is 1. The molecular weight excluding hydrogens is 286 g/mol. The van der Waals surface area contributed by atoms with Crippen molar-refractivity contribution in [2.24, 2.45) is 0 Å². The smallest absolute Gasteiger partial charge is 0.273 e. The molecular formula is C16H17NO5. The van der Waals surface area contributed by atoms with Gasteiger partial charge in [-0.1, -0.05) is 18.2 Å². The van der Waals surface area contributed by atoms with Crippen LogP contribution in [-0.2, 0) is 0 Å². The molecule has 6 nitrogen and oxygen atoms in total. The van der Waals surface area contributed by atoms with E-state index >= 15 is 0 Å². The highest BCUT2D eigenvalue weighted by atomic mass is 16.6. The van der Waals surface area contributed by atoms with Crippen molar-refractivity contribution in [1.82, 2.24) is 0 Å². The van der Waals surface area contributed by atoms with E-state index in [-0.39, 0.29) is 5.69 Å². The summed E-state index contributed by atoms with van der Waals surface area (Å²) in [5.41, 5.74) is 1.01. The SMILES string of the molecule is COc1cc([N+](=O)[O-])ccc1OCCOc1ccccc1C. The number of hydrogen-bond acceptors (Lipinski definition) is 5. The predicted octanol–water partition coefficient (Wildman–Crippen LogP) is 3.37. The molecule has 0 spiro atoms. The fraction of sp³-hybridized carbons (Fsp3) is 0.250. The molecule has 22 heavy (non-hydrogen) atoms. The molecule has 0 aliphatic rings. The van der Waals surface area contributed by atoms with Gasteiger partial charge in [-0.2, -0.15) is 0 Å². The third-order valence-corrected chi connectivity index (χ3v) is 3.05. The number of non-ortho nitro benzene ring substituents is 1. The van der Waals surface area contributed by atoms with Gasteiger partial charge in [0.15, 0.2) is 11.5 Å². The Hall–Kier alpha value is -2.76. The largest absolute Gasteiger partial charge is 0.493 e. The van der Waals surface area contributed by atoms with Crippen molar-refractivity contribution in [3.05, 3.63) is 58.1 Å². The normalized spacial score (nSPS) is 10.1. The zero-order valence-electron chi connectivity index (χ0n) is 12.4. The molecule has 116 valence electrons. The first-order valence-electron chi connectivity index (χ1n) is 6.75. The van der Waals surface area contributed by atoms with Crippen LogP contribution in [0, 0.1) is 17.0 Å². The molecule has 0 saturated carbocycles. The number of benzene rings is 2. The van der Waals surface area contributed by atoms with Gasteiger partial charge in [-0.05, 0) is 24.6 Å². The van der Waals surface area contributed by atoms with Crippen molar-refractivity contribution in [1.29, 1.82) is 0 Å². The first-order chi connectivity index (χ1) is 10.6. The minimum atomic E-state index is -0.479. The third-order valence-electron chi connectivity index (χ3n) is 3.05. The topological polar surface area (TPSA) is 70.8 Å². The molecule has 0 fully saturated rings. The van der Waals surface area contributed by atoms with Gasteiger partial charge in [0, 0.05) is 6.07 Å². The van der Waals surface area contributed by atoms with Gasteiger partial charge in [0.2, 0.25) is 0 Å². The minimum absolute atomic E-state index is 0.0413. The van der Waals surface area contributed by atoms with Crippen molar-refractivity contribution in [3.8, 4) is 17.2 Å². The molecule has 2 aromatic rings. The average molecular weight is 303 g/mol. The van der Waals surface area contributed by atoms with Gasteiger partial charge < -0.3 is 14.2 Å². The minimum Gasteiger partial charge on any atom is -0.493 e. The average Bonchev–Trinajstić information content (AvgIpc) is 2.53. The Kier molecular flexibility index (Phi) is 5.19. The van der Waals surface area contributed by atoms with E-state index in [0.29, 0.717) is 24.7 Å². The molecule has 0 aliphatic heterocycles. The summed E-state index contributed by atoms with van der Waals surface area (Å²) in [6.07, 6.45) is 0. The van der Waals surface area contributed by atoms with E-state index in [4.69, 9.17) is 14.2 Å². The van der Waals surface area contributed by atoms with Crippen molar-refractivity contribution in [2.75, 3.05) is 20.3 Å². The van der Waals surface area contributed by atoms with Crippen LogP contribution in [0.2, 0.25) is 0 Å². The van der Waals surface area contributed by atoms with E-state index < -0.39 is 4.92 Å². The molecule has 0 unspecified atom stereocenters. The van der Waals surface area contributed by atoms with Crippen LogP contribution in [0.4, 0.5) is 5.69 Å². The molecule has 0 aliphatic carbocycles. The lowest BCUT2D eigenvalue weighted by Gasteiger charge is -2.12. The van der Waals surface area contributed by atoms with Gasteiger partial charge in [-0.25, -0.2) is 0 Å². The molecule has 0 N–H and O–H groups in total. The molecule has 2 aromatic carbocycles. The standard InChI is InChI=1S/C16H17NO5/c1-12-5-3-4-6-14(12)21-9-10-22-15-8-7-13(17(18)19)11-16(15)20-2/h3-8,11H,9-10H2,1-2H3. The summed E-state index contributed by atoms with van der Waals surface area (Å²) in [7, 11) is 1.44. The summed E-state index contributed by atoms with van der Waals surface area (Å²) in [5, 5.41) is 10.7. The van der Waals surface area contributed by atoms with Crippen molar-refractivity contribution < 1.29 is 19.1 Å². The van der Waals surface area contributed by atoms with Crippen LogP contribution in [0.25, 0.3) is 0 Å². The highest BCUT2D eigenvalue weighted by Crippen LogP contribution is 2.31. The monoisotopic (exact) mass is 303 g/mol. The molecule has 0 heterocycles. The van der Waals surface area contributed by atoms with Crippen LogP contribution < -0.4 is 14.2 Å². The zero-order chi connectivity index (χ0) is 15.9. The summed E-state index contributed by atoms with van der Waals surface area (Å²) < 4.78 is 16.3. The second-order valence-electron chi connectivity index (χ2n) is 4.55. The lowest BCUT2D eigenvalue weighted by molar-refractivity contribution is -0.384. The Balaban J connectivity index is 1.92. The van der Waals surface area contributed by atoms with E-state index in [1.54, 1.807) is 0 Å². The van der Waals surface area contributed by atoms with E-state index in [1.807, 2.05) is 31.2 Å². The predicted molar refractivity (Wildman–Crippen MR) is 81.8 cm³/mol. The van der Waals surface area contributed by atoms with Crippen LogP contribution in [0.3, 0.4) is 0 Å². The molecule has 0 atom stereocenters. The third kappa shape index (κ3) is 3.88. The van der Waals surface area contributed by atoms with Gasteiger partial charge in [-0.15, -0.1) is 0 Å². The summed E-state index contributed by atoms with van der Waals surface area (Å²) in [6, 6.07) is 11.9. The Morgan fingerprint density at radius 1 is 1.00 bits per heavy atom. The van der Waals surface area contributed by atoms with Gasteiger partial charge in [0.1, 0.15) is 19.0 Å². The lowest BCUT2D eigenvalue weighted by Crippen LogP contribution is -2.10. The molecule has 0 radical (unpaired) electrons. The Morgan fingerprint density at radius 2 is 1.68 bits per heavy atom. The highest BCUT2D eigenvalue weighted by Gasteiger charge is 2.12. The maximum Gasteiger partial charge on any atom is 0.273 e. The Bertz CT molecular complexity index is 657. The summed E-state index contributed by atoms with van der Waals surface area (Å²) in [5.74, 6) is 1.58. The number of nitrogens with zero attached hydrogens (tertiary/aromatic N) is 1. The Morgan fingerprint density at radius 3 is 2.32 bits per heavy atom. The van der Waals surface area contributed by atoms with Crippen LogP contribution in [-0.4, -0.2) is 25.2 Å². The second kappa shape index (κ2) is 7.31.